The smallest absolute Gasteiger partial charge is 0.329 e. The van der Waals surface area contributed by atoms with Crippen molar-refractivity contribution in [1.29, 1.82) is 0 Å². The minimum Gasteiger partial charge on any atom is -0.493 e. The van der Waals surface area contributed by atoms with E-state index in [0.29, 0.717) is 25.4 Å². The third-order valence-corrected chi connectivity index (χ3v) is 7.80. The van der Waals surface area contributed by atoms with E-state index >= 15 is 0 Å². The van der Waals surface area contributed by atoms with Gasteiger partial charge < -0.3 is 9.47 Å². The fourth-order valence-corrected chi connectivity index (χ4v) is 5.92. The summed E-state index contributed by atoms with van der Waals surface area (Å²) in [5, 5.41) is 2.24. The lowest BCUT2D eigenvalue weighted by molar-refractivity contribution is -0.148. The molecule has 3 aromatic rings. The molecule has 0 spiro atoms. The van der Waals surface area contributed by atoms with Crippen LogP contribution < -0.4 is 4.74 Å². The van der Waals surface area contributed by atoms with Gasteiger partial charge in [0.2, 0.25) is 0 Å². The molecule has 0 aliphatic heterocycles. The summed E-state index contributed by atoms with van der Waals surface area (Å²) in [5.74, 6) is 0.694. The standard InChI is InChI=1S/C26H29O4PS/c1-3-29-23-17-15-20-12-8-9-13-21(20)25(23)32-18-24(31-28)22(26(27)30-4-2)16-14-19-10-6-5-7-11-19/h5-13,15,17,22,24H,3-4,14,16,18H2,1-2H3/p+1. The van der Waals surface area contributed by atoms with Crippen LogP contribution in [0.1, 0.15) is 25.8 Å². The van der Waals surface area contributed by atoms with Gasteiger partial charge in [-0.1, -0.05) is 65.2 Å². The van der Waals surface area contributed by atoms with Crippen molar-refractivity contribution in [1.82, 2.24) is 0 Å². The first-order valence-electron chi connectivity index (χ1n) is 11.0. The first-order chi connectivity index (χ1) is 15.7. The highest BCUT2D eigenvalue weighted by molar-refractivity contribution is 7.99. The Morgan fingerprint density at radius 2 is 1.72 bits per heavy atom. The van der Waals surface area contributed by atoms with E-state index in [0.717, 1.165) is 33.4 Å². The fraction of sp³-hybridized carbons (Fsp3) is 0.346. The molecule has 4 nitrogen and oxygen atoms in total. The van der Waals surface area contributed by atoms with Crippen molar-refractivity contribution in [2.24, 2.45) is 5.92 Å². The van der Waals surface area contributed by atoms with Crippen LogP contribution in [0.25, 0.3) is 10.8 Å². The van der Waals surface area contributed by atoms with Crippen LogP contribution in [0.15, 0.2) is 71.6 Å². The molecule has 0 fully saturated rings. The van der Waals surface area contributed by atoms with E-state index in [4.69, 9.17) is 9.47 Å². The molecule has 3 unspecified atom stereocenters. The third kappa shape index (κ3) is 6.34. The van der Waals surface area contributed by atoms with Crippen LogP contribution in [-0.4, -0.2) is 30.6 Å². The van der Waals surface area contributed by atoms with Crippen LogP contribution in [0, 0.1) is 5.92 Å². The zero-order valence-corrected chi connectivity index (χ0v) is 20.4. The summed E-state index contributed by atoms with van der Waals surface area (Å²) < 4.78 is 23.5. The number of carbonyl (C=O) groups is 1. The second-order valence-electron chi connectivity index (χ2n) is 7.47. The predicted octanol–water partition coefficient (Wildman–Crippen LogP) is 6.54. The van der Waals surface area contributed by atoms with Crippen LogP contribution in [0.2, 0.25) is 0 Å². The molecule has 0 heterocycles. The maximum atomic E-state index is 12.8. The molecule has 0 aromatic heterocycles. The summed E-state index contributed by atoms with van der Waals surface area (Å²) >= 11 is 1.61. The molecular weight excluding hydrogens is 439 g/mol. The molecule has 0 aliphatic rings. The normalized spacial score (nSPS) is 13.1. The van der Waals surface area contributed by atoms with Crippen LogP contribution >= 0.6 is 20.2 Å². The largest absolute Gasteiger partial charge is 0.493 e. The Bertz CT molecular complexity index is 1020. The molecule has 168 valence electrons. The van der Waals surface area contributed by atoms with Crippen molar-refractivity contribution in [2.75, 3.05) is 19.0 Å². The van der Waals surface area contributed by atoms with Gasteiger partial charge in [-0.15, -0.1) is 11.8 Å². The molecule has 3 rings (SSSR count). The van der Waals surface area contributed by atoms with Gasteiger partial charge in [-0.05, 0) is 49.1 Å². The summed E-state index contributed by atoms with van der Waals surface area (Å²) in [7, 11) is -0.592. The average molecular weight is 470 g/mol. The first kappa shape index (κ1) is 24.3. The summed E-state index contributed by atoms with van der Waals surface area (Å²) in [6.07, 6.45) is 1.35. The maximum Gasteiger partial charge on any atom is 0.329 e. The number of hydrogen-bond acceptors (Lipinski definition) is 5. The predicted molar refractivity (Wildman–Crippen MR) is 134 cm³/mol. The summed E-state index contributed by atoms with van der Waals surface area (Å²) in [5.41, 5.74) is 0.867. The van der Waals surface area contributed by atoms with E-state index in [2.05, 4.69) is 30.3 Å². The highest BCUT2D eigenvalue weighted by Gasteiger charge is 2.35. The molecule has 0 radical (unpaired) electrons. The molecule has 0 saturated heterocycles. The second-order valence-corrected chi connectivity index (χ2v) is 9.47. The van der Waals surface area contributed by atoms with Gasteiger partial charge in [0, 0.05) is 5.75 Å². The number of thioether (sulfide) groups is 1. The summed E-state index contributed by atoms with van der Waals surface area (Å²) in [6.45, 7) is 4.66. The van der Waals surface area contributed by atoms with E-state index in [1.54, 1.807) is 18.7 Å². The zero-order chi connectivity index (χ0) is 22.8. The molecule has 3 atom stereocenters. The number of benzene rings is 3. The van der Waals surface area contributed by atoms with Crippen molar-refractivity contribution in [3.8, 4) is 5.75 Å². The molecule has 0 aliphatic carbocycles. The Morgan fingerprint density at radius 3 is 2.44 bits per heavy atom. The van der Waals surface area contributed by atoms with Crippen LogP contribution in [0.4, 0.5) is 0 Å². The monoisotopic (exact) mass is 469 g/mol. The lowest BCUT2D eigenvalue weighted by Gasteiger charge is -2.18. The van der Waals surface area contributed by atoms with Crippen molar-refractivity contribution in [3.05, 3.63) is 72.3 Å². The molecular formula is C26H30O4PS+. The van der Waals surface area contributed by atoms with Crippen molar-refractivity contribution in [3.63, 3.8) is 0 Å². The van der Waals surface area contributed by atoms with Gasteiger partial charge >= 0.3 is 14.4 Å². The Hall–Kier alpha value is -2.36. The lowest BCUT2D eigenvalue weighted by Crippen LogP contribution is -2.29. The Morgan fingerprint density at radius 1 is 0.969 bits per heavy atom. The summed E-state index contributed by atoms with van der Waals surface area (Å²) in [6, 6.07) is 22.3. The van der Waals surface area contributed by atoms with E-state index in [1.807, 2.05) is 43.3 Å². The first-order valence-corrected chi connectivity index (χ1v) is 13.0. The lowest BCUT2D eigenvalue weighted by atomic mass is 9.96. The van der Waals surface area contributed by atoms with Gasteiger partial charge in [0.05, 0.1) is 18.1 Å². The molecule has 0 bridgehead atoms. The SMILES string of the molecule is CCOC(=O)C(CCc1ccccc1)C(CSc1c(OCC)ccc2ccccc12)[PH+]=O. The number of fused-ring (bicyclic) bond motifs is 1. The molecule has 6 heteroatoms. The van der Waals surface area contributed by atoms with Crippen molar-refractivity contribution >= 4 is 37.0 Å². The van der Waals surface area contributed by atoms with E-state index in [1.165, 1.54) is 0 Å². The van der Waals surface area contributed by atoms with Gasteiger partial charge in [-0.2, -0.15) is 0 Å². The number of ether oxygens (including phenoxy) is 2. The van der Waals surface area contributed by atoms with Gasteiger partial charge in [0.1, 0.15) is 11.7 Å². The number of aryl methyl sites for hydroxylation is 1. The Kier molecular flexibility index (Phi) is 9.58. The zero-order valence-electron chi connectivity index (χ0n) is 18.6. The molecule has 32 heavy (non-hydrogen) atoms. The topological polar surface area (TPSA) is 52.6 Å². The second kappa shape index (κ2) is 12.6. The summed E-state index contributed by atoms with van der Waals surface area (Å²) in [4.78, 5) is 13.8. The van der Waals surface area contributed by atoms with Gasteiger partial charge in [0.25, 0.3) is 0 Å². The number of esters is 1. The van der Waals surface area contributed by atoms with E-state index in [9.17, 15) is 9.36 Å². The highest BCUT2D eigenvalue weighted by atomic mass is 32.2. The van der Waals surface area contributed by atoms with Crippen LogP contribution in [0.3, 0.4) is 0 Å². The van der Waals surface area contributed by atoms with Crippen LogP contribution in [0.5, 0.6) is 5.75 Å². The number of carbonyl (C=O) groups excluding carboxylic acids is 1. The number of rotatable bonds is 12. The third-order valence-electron chi connectivity index (χ3n) is 5.36. The minimum absolute atomic E-state index is 0.264. The van der Waals surface area contributed by atoms with Crippen molar-refractivity contribution < 1.29 is 18.8 Å². The van der Waals surface area contributed by atoms with Gasteiger partial charge in [0.15, 0.2) is 5.66 Å². The van der Waals surface area contributed by atoms with Crippen LogP contribution in [-0.2, 0) is 20.5 Å². The van der Waals surface area contributed by atoms with Crippen molar-refractivity contribution in [2.45, 2.75) is 37.2 Å². The van der Waals surface area contributed by atoms with E-state index in [-0.39, 0.29) is 11.6 Å². The van der Waals surface area contributed by atoms with Gasteiger partial charge in [-0.25, -0.2) is 0 Å². The van der Waals surface area contributed by atoms with E-state index < -0.39 is 14.4 Å². The number of hydrogen-bond donors (Lipinski definition) is 0. The molecule has 0 saturated carbocycles. The quantitative estimate of drug-likeness (QED) is 0.171. The molecule has 0 N–H and O–H groups in total. The minimum atomic E-state index is -0.592. The average Bonchev–Trinajstić information content (AvgIpc) is 2.82. The molecule has 0 amide bonds. The fourth-order valence-electron chi connectivity index (χ4n) is 3.75. The highest BCUT2D eigenvalue weighted by Crippen LogP contribution is 2.39. The maximum absolute atomic E-state index is 12.8. The van der Waals surface area contributed by atoms with Gasteiger partial charge in [-0.3, -0.25) is 4.79 Å². The Balaban J connectivity index is 1.81. The Labute approximate surface area is 195 Å². The molecule has 3 aromatic carbocycles.